The Morgan fingerprint density at radius 2 is 2.15 bits per heavy atom. The first kappa shape index (κ1) is 15.2. The molecule has 0 aliphatic carbocycles. The van der Waals surface area contributed by atoms with Gasteiger partial charge in [-0.05, 0) is 57.9 Å². The molecule has 1 atom stereocenters. The Hall–Kier alpha value is -1.24. The standard InChI is InChI=1S/C16H22ClN3/c1-12(2)20-8-3-4-14(7-9-20)19-15-6-5-13(11-18)16(17)10-15/h5-6,10,12,14,19H,3-4,7-9H2,1-2H3. The maximum atomic E-state index is 8.89. The summed E-state index contributed by atoms with van der Waals surface area (Å²) in [7, 11) is 0. The van der Waals surface area contributed by atoms with Gasteiger partial charge in [0.05, 0.1) is 10.6 Å². The summed E-state index contributed by atoms with van der Waals surface area (Å²) in [4.78, 5) is 2.54. The third-order valence-corrected chi connectivity index (χ3v) is 4.27. The first-order valence-corrected chi connectivity index (χ1v) is 7.68. The van der Waals surface area contributed by atoms with Crippen molar-refractivity contribution in [2.24, 2.45) is 0 Å². The molecule has 0 saturated carbocycles. The zero-order valence-electron chi connectivity index (χ0n) is 12.2. The van der Waals surface area contributed by atoms with Crippen molar-refractivity contribution < 1.29 is 0 Å². The van der Waals surface area contributed by atoms with E-state index in [1.807, 2.05) is 12.1 Å². The van der Waals surface area contributed by atoms with E-state index in [9.17, 15) is 0 Å². The summed E-state index contributed by atoms with van der Waals surface area (Å²) in [6, 6.07) is 8.77. The molecule has 0 aromatic heterocycles. The Morgan fingerprint density at radius 3 is 2.80 bits per heavy atom. The van der Waals surface area contributed by atoms with Crippen LogP contribution in [0.15, 0.2) is 18.2 Å². The van der Waals surface area contributed by atoms with Crippen LogP contribution in [-0.4, -0.2) is 30.1 Å². The van der Waals surface area contributed by atoms with Crippen LogP contribution in [0.2, 0.25) is 5.02 Å². The first-order valence-electron chi connectivity index (χ1n) is 7.30. The minimum absolute atomic E-state index is 0.489. The first-order chi connectivity index (χ1) is 9.60. The molecule has 0 bridgehead atoms. The fourth-order valence-electron chi connectivity index (χ4n) is 2.71. The third-order valence-electron chi connectivity index (χ3n) is 3.95. The molecule has 1 aliphatic heterocycles. The van der Waals surface area contributed by atoms with Gasteiger partial charge in [0.2, 0.25) is 0 Å². The summed E-state index contributed by atoms with van der Waals surface area (Å²) >= 11 is 6.07. The van der Waals surface area contributed by atoms with E-state index in [0.717, 1.165) is 18.7 Å². The minimum Gasteiger partial charge on any atom is -0.382 e. The number of rotatable bonds is 3. The van der Waals surface area contributed by atoms with E-state index in [2.05, 4.69) is 30.1 Å². The van der Waals surface area contributed by atoms with E-state index in [1.165, 1.54) is 19.4 Å². The van der Waals surface area contributed by atoms with Gasteiger partial charge in [-0.1, -0.05) is 11.6 Å². The molecule has 3 nitrogen and oxygen atoms in total. The quantitative estimate of drug-likeness (QED) is 0.918. The van der Waals surface area contributed by atoms with Crippen LogP contribution in [0.3, 0.4) is 0 Å². The second-order valence-corrected chi connectivity index (χ2v) is 6.12. The topological polar surface area (TPSA) is 39.1 Å². The second-order valence-electron chi connectivity index (χ2n) is 5.71. The molecule has 1 aliphatic rings. The molecule has 108 valence electrons. The number of anilines is 1. The summed E-state index contributed by atoms with van der Waals surface area (Å²) in [5.41, 5.74) is 1.54. The van der Waals surface area contributed by atoms with Gasteiger partial charge >= 0.3 is 0 Å². The second kappa shape index (κ2) is 6.97. The molecule has 1 fully saturated rings. The molecule has 0 spiro atoms. The van der Waals surface area contributed by atoms with Crippen molar-refractivity contribution in [1.29, 1.82) is 5.26 Å². The number of nitrogens with one attached hydrogen (secondary N) is 1. The van der Waals surface area contributed by atoms with Gasteiger partial charge in [0.1, 0.15) is 6.07 Å². The summed E-state index contributed by atoms with van der Waals surface area (Å²) in [6.07, 6.45) is 3.55. The average Bonchev–Trinajstić information content (AvgIpc) is 2.65. The largest absolute Gasteiger partial charge is 0.382 e. The minimum atomic E-state index is 0.489. The van der Waals surface area contributed by atoms with Crippen LogP contribution in [0.4, 0.5) is 5.69 Å². The monoisotopic (exact) mass is 291 g/mol. The number of nitriles is 1. The van der Waals surface area contributed by atoms with Gasteiger partial charge < -0.3 is 10.2 Å². The van der Waals surface area contributed by atoms with E-state index in [4.69, 9.17) is 16.9 Å². The molecule has 1 aromatic carbocycles. The highest BCUT2D eigenvalue weighted by Crippen LogP contribution is 2.23. The molecule has 1 N–H and O–H groups in total. The predicted molar refractivity (Wildman–Crippen MR) is 84.1 cm³/mol. The number of halogens is 1. The molecule has 0 amide bonds. The Bertz CT molecular complexity index is 493. The van der Waals surface area contributed by atoms with E-state index < -0.39 is 0 Å². The van der Waals surface area contributed by atoms with Crippen LogP contribution < -0.4 is 5.32 Å². The molecule has 4 heteroatoms. The van der Waals surface area contributed by atoms with Crippen LogP contribution in [-0.2, 0) is 0 Å². The smallest absolute Gasteiger partial charge is 0.101 e. The zero-order valence-corrected chi connectivity index (χ0v) is 13.0. The average molecular weight is 292 g/mol. The highest BCUT2D eigenvalue weighted by molar-refractivity contribution is 6.32. The van der Waals surface area contributed by atoms with Crippen molar-refractivity contribution in [2.75, 3.05) is 18.4 Å². The van der Waals surface area contributed by atoms with E-state index in [1.54, 1.807) is 6.07 Å². The van der Waals surface area contributed by atoms with E-state index >= 15 is 0 Å². The van der Waals surface area contributed by atoms with Crippen molar-refractivity contribution in [3.8, 4) is 6.07 Å². The van der Waals surface area contributed by atoms with Gasteiger partial charge in [-0.25, -0.2) is 0 Å². The zero-order chi connectivity index (χ0) is 14.5. The van der Waals surface area contributed by atoms with Gasteiger partial charge in [-0.15, -0.1) is 0 Å². The summed E-state index contributed by atoms with van der Waals surface area (Å²) in [5, 5.41) is 13.0. The lowest BCUT2D eigenvalue weighted by Gasteiger charge is -2.24. The van der Waals surface area contributed by atoms with Gasteiger partial charge in [0.15, 0.2) is 0 Å². The molecule has 1 aromatic rings. The Kier molecular flexibility index (Phi) is 5.28. The van der Waals surface area contributed by atoms with Crippen molar-refractivity contribution in [3.63, 3.8) is 0 Å². The summed E-state index contributed by atoms with van der Waals surface area (Å²) < 4.78 is 0. The van der Waals surface area contributed by atoms with Crippen LogP contribution >= 0.6 is 11.6 Å². The van der Waals surface area contributed by atoms with Gasteiger partial charge in [-0.2, -0.15) is 5.26 Å². The fourth-order valence-corrected chi connectivity index (χ4v) is 2.93. The van der Waals surface area contributed by atoms with Crippen molar-refractivity contribution in [1.82, 2.24) is 4.90 Å². The number of hydrogen-bond acceptors (Lipinski definition) is 3. The van der Waals surface area contributed by atoms with Gasteiger partial charge in [-0.3, -0.25) is 0 Å². The normalized spacial score (nSPS) is 20.4. The SMILES string of the molecule is CC(C)N1CCCC(Nc2ccc(C#N)c(Cl)c2)CC1. The van der Waals surface area contributed by atoms with Crippen LogP contribution in [0, 0.1) is 11.3 Å². The van der Waals surface area contributed by atoms with E-state index in [-0.39, 0.29) is 0 Å². The van der Waals surface area contributed by atoms with Crippen LogP contribution in [0.25, 0.3) is 0 Å². The van der Waals surface area contributed by atoms with Gasteiger partial charge in [0, 0.05) is 24.3 Å². The molecule has 2 rings (SSSR count). The number of hydrogen-bond donors (Lipinski definition) is 1. The van der Waals surface area contributed by atoms with Crippen molar-refractivity contribution in [3.05, 3.63) is 28.8 Å². The Morgan fingerprint density at radius 1 is 1.35 bits per heavy atom. The molecule has 1 heterocycles. The number of nitrogens with zero attached hydrogens (tertiary/aromatic N) is 2. The Balaban J connectivity index is 1.97. The highest BCUT2D eigenvalue weighted by atomic mass is 35.5. The Labute approximate surface area is 126 Å². The molecule has 1 unspecified atom stereocenters. The van der Waals surface area contributed by atoms with Crippen LogP contribution in [0.5, 0.6) is 0 Å². The van der Waals surface area contributed by atoms with Crippen LogP contribution in [0.1, 0.15) is 38.7 Å². The molecule has 0 radical (unpaired) electrons. The van der Waals surface area contributed by atoms with Crippen molar-refractivity contribution >= 4 is 17.3 Å². The molecular weight excluding hydrogens is 270 g/mol. The fraction of sp³-hybridized carbons (Fsp3) is 0.562. The van der Waals surface area contributed by atoms with Gasteiger partial charge in [0.25, 0.3) is 0 Å². The molecular formula is C16H22ClN3. The highest BCUT2D eigenvalue weighted by Gasteiger charge is 2.18. The number of benzene rings is 1. The summed E-state index contributed by atoms with van der Waals surface area (Å²) in [6.45, 7) is 6.84. The number of likely N-dealkylation sites (tertiary alicyclic amines) is 1. The van der Waals surface area contributed by atoms with E-state index in [0.29, 0.717) is 22.7 Å². The lowest BCUT2D eigenvalue weighted by molar-refractivity contribution is 0.230. The maximum Gasteiger partial charge on any atom is 0.101 e. The lowest BCUT2D eigenvalue weighted by Crippen LogP contribution is -2.32. The maximum absolute atomic E-state index is 8.89. The lowest BCUT2D eigenvalue weighted by atomic mass is 10.1. The van der Waals surface area contributed by atoms with Crippen molar-refractivity contribution in [2.45, 2.75) is 45.2 Å². The predicted octanol–water partition coefficient (Wildman–Crippen LogP) is 3.89. The molecule has 20 heavy (non-hydrogen) atoms. The summed E-state index contributed by atoms with van der Waals surface area (Å²) in [5.74, 6) is 0. The third kappa shape index (κ3) is 3.88. The molecule has 1 saturated heterocycles.